The normalized spacial score (nSPS) is 10.7. The van der Waals surface area contributed by atoms with E-state index in [-0.39, 0.29) is 5.56 Å². The summed E-state index contributed by atoms with van der Waals surface area (Å²) in [6.45, 7) is 0. The van der Waals surface area contributed by atoms with Gasteiger partial charge in [-0.15, -0.1) is 0 Å². The molecule has 104 valence electrons. The molecule has 0 saturated heterocycles. The van der Waals surface area contributed by atoms with E-state index in [0.29, 0.717) is 10.4 Å². The largest absolute Gasteiger partial charge is 0.478 e. The molecule has 2 aromatic carbocycles. The Kier molecular flexibility index (Phi) is 3.82. The van der Waals surface area contributed by atoms with Gasteiger partial charge >= 0.3 is 5.97 Å². The van der Waals surface area contributed by atoms with Crippen LogP contribution >= 0.6 is 23.4 Å². The zero-order valence-electron chi connectivity index (χ0n) is 10.8. The van der Waals surface area contributed by atoms with E-state index >= 15 is 0 Å². The molecule has 0 fully saturated rings. The molecular weight excluding hydrogens is 306 g/mol. The highest BCUT2D eigenvalue weighted by Crippen LogP contribution is 2.33. The number of carboxylic acids is 1. The van der Waals surface area contributed by atoms with Crippen LogP contribution in [0.4, 0.5) is 0 Å². The number of carboxylic acid groups (broad SMARTS) is 1. The van der Waals surface area contributed by atoms with Crippen LogP contribution in [0.2, 0.25) is 5.02 Å². The van der Waals surface area contributed by atoms with Crippen molar-refractivity contribution in [3.05, 3.63) is 65.3 Å². The van der Waals surface area contributed by atoms with Crippen LogP contribution in [0.15, 0.2) is 64.6 Å². The molecule has 3 nitrogen and oxygen atoms in total. The summed E-state index contributed by atoms with van der Waals surface area (Å²) in [6.07, 6.45) is 1.41. The highest BCUT2D eigenvalue weighted by atomic mass is 35.5. The van der Waals surface area contributed by atoms with Gasteiger partial charge in [0.15, 0.2) is 0 Å². The second-order valence-electron chi connectivity index (χ2n) is 4.38. The molecular formula is C16H10ClNO2S. The minimum absolute atomic E-state index is 0.214. The van der Waals surface area contributed by atoms with Crippen LogP contribution < -0.4 is 0 Å². The summed E-state index contributed by atoms with van der Waals surface area (Å²) < 4.78 is 0. The van der Waals surface area contributed by atoms with Crippen LogP contribution in [-0.2, 0) is 0 Å². The summed E-state index contributed by atoms with van der Waals surface area (Å²) in [5.41, 5.74) is 0.214. The highest BCUT2D eigenvalue weighted by molar-refractivity contribution is 7.99. The van der Waals surface area contributed by atoms with Gasteiger partial charge < -0.3 is 5.11 Å². The Morgan fingerprint density at radius 2 is 1.71 bits per heavy atom. The third-order valence-electron chi connectivity index (χ3n) is 3.02. The van der Waals surface area contributed by atoms with Crippen molar-refractivity contribution in [1.29, 1.82) is 0 Å². The quantitative estimate of drug-likeness (QED) is 0.758. The summed E-state index contributed by atoms with van der Waals surface area (Å²) in [7, 11) is 0. The van der Waals surface area contributed by atoms with Crippen LogP contribution in [0.5, 0.6) is 0 Å². The van der Waals surface area contributed by atoms with Crippen molar-refractivity contribution in [2.75, 3.05) is 0 Å². The monoisotopic (exact) mass is 315 g/mol. The number of rotatable bonds is 3. The molecule has 0 aliphatic heterocycles. The molecule has 0 aliphatic carbocycles. The first-order valence-corrected chi connectivity index (χ1v) is 7.39. The van der Waals surface area contributed by atoms with Gasteiger partial charge in [-0.25, -0.2) is 9.78 Å². The molecule has 1 aromatic heterocycles. The maximum atomic E-state index is 11.3. The minimum atomic E-state index is -0.971. The highest BCUT2D eigenvalue weighted by Gasteiger charge is 2.12. The van der Waals surface area contributed by atoms with E-state index in [4.69, 9.17) is 11.6 Å². The van der Waals surface area contributed by atoms with E-state index in [2.05, 4.69) is 4.98 Å². The second-order valence-corrected chi connectivity index (χ2v) is 5.88. The predicted octanol–water partition coefficient (Wildman–Crippen LogP) is 4.74. The number of hydrogen-bond acceptors (Lipinski definition) is 3. The van der Waals surface area contributed by atoms with Crippen LogP contribution in [0, 0.1) is 0 Å². The molecule has 0 unspecified atom stereocenters. The van der Waals surface area contributed by atoms with Crippen LogP contribution in [0.1, 0.15) is 10.4 Å². The van der Waals surface area contributed by atoms with Crippen LogP contribution in [0.25, 0.3) is 10.8 Å². The molecule has 21 heavy (non-hydrogen) atoms. The molecule has 1 N–H and O–H groups in total. The fourth-order valence-electron chi connectivity index (χ4n) is 2.03. The fourth-order valence-corrected chi connectivity index (χ4v) is 3.05. The van der Waals surface area contributed by atoms with Gasteiger partial charge in [0.25, 0.3) is 0 Å². The summed E-state index contributed by atoms with van der Waals surface area (Å²) >= 11 is 7.36. The lowest BCUT2D eigenvalue weighted by atomic mass is 10.1. The number of aromatic nitrogens is 1. The van der Waals surface area contributed by atoms with Gasteiger partial charge in [-0.3, -0.25) is 0 Å². The Bertz CT molecular complexity index is 818. The average Bonchev–Trinajstić information content (AvgIpc) is 2.49. The summed E-state index contributed by atoms with van der Waals surface area (Å²) in [5.74, 6) is -0.971. The number of nitrogens with zero attached hydrogens (tertiary/aromatic N) is 1. The number of fused-ring (bicyclic) bond motifs is 1. The van der Waals surface area contributed by atoms with E-state index in [1.807, 2.05) is 42.5 Å². The topological polar surface area (TPSA) is 50.2 Å². The van der Waals surface area contributed by atoms with Crippen molar-refractivity contribution in [2.45, 2.75) is 9.92 Å². The van der Waals surface area contributed by atoms with Crippen molar-refractivity contribution < 1.29 is 9.90 Å². The Labute approximate surface area is 130 Å². The predicted molar refractivity (Wildman–Crippen MR) is 84.3 cm³/mol. The molecule has 0 radical (unpaired) electrons. The Morgan fingerprint density at radius 1 is 1.05 bits per heavy atom. The van der Waals surface area contributed by atoms with E-state index in [0.717, 1.165) is 15.3 Å². The fraction of sp³-hybridized carbons (Fsp3) is 0. The summed E-state index contributed by atoms with van der Waals surface area (Å²) in [4.78, 5) is 16.6. The van der Waals surface area contributed by atoms with Crippen molar-refractivity contribution in [3.63, 3.8) is 0 Å². The van der Waals surface area contributed by atoms with Gasteiger partial charge in [-0.05, 0) is 24.3 Å². The SMILES string of the molecule is O=C(O)c1cnc(Sc2ccc(Cl)cc2)c2ccccc12. The maximum Gasteiger partial charge on any atom is 0.337 e. The number of hydrogen-bond donors (Lipinski definition) is 1. The van der Waals surface area contributed by atoms with Crippen molar-refractivity contribution in [2.24, 2.45) is 0 Å². The molecule has 0 amide bonds. The maximum absolute atomic E-state index is 11.3. The summed E-state index contributed by atoms with van der Waals surface area (Å²) in [5, 5.41) is 12.2. The first kappa shape index (κ1) is 13.9. The number of pyridine rings is 1. The first-order valence-electron chi connectivity index (χ1n) is 6.19. The molecule has 0 spiro atoms. The molecule has 0 saturated carbocycles. The molecule has 0 aliphatic rings. The second kappa shape index (κ2) is 5.76. The number of aromatic carboxylic acids is 1. The van der Waals surface area contributed by atoms with E-state index in [1.165, 1.54) is 18.0 Å². The molecule has 3 rings (SSSR count). The first-order chi connectivity index (χ1) is 10.1. The van der Waals surface area contributed by atoms with E-state index in [9.17, 15) is 9.90 Å². The molecule has 3 aromatic rings. The number of benzene rings is 2. The summed E-state index contributed by atoms with van der Waals surface area (Å²) in [6, 6.07) is 14.8. The van der Waals surface area contributed by atoms with Crippen molar-refractivity contribution in [1.82, 2.24) is 4.98 Å². The van der Waals surface area contributed by atoms with Crippen molar-refractivity contribution >= 4 is 40.1 Å². The van der Waals surface area contributed by atoms with Gasteiger partial charge in [-0.2, -0.15) is 0 Å². The van der Waals surface area contributed by atoms with Gasteiger partial charge in [0, 0.05) is 26.9 Å². The lowest BCUT2D eigenvalue weighted by Crippen LogP contribution is -1.99. The lowest BCUT2D eigenvalue weighted by molar-refractivity contribution is 0.0698. The van der Waals surface area contributed by atoms with Crippen LogP contribution in [-0.4, -0.2) is 16.1 Å². The van der Waals surface area contributed by atoms with Gasteiger partial charge in [-0.1, -0.05) is 47.6 Å². The van der Waals surface area contributed by atoms with Crippen LogP contribution in [0.3, 0.4) is 0 Å². The Hall–Kier alpha value is -2.04. The van der Waals surface area contributed by atoms with E-state index < -0.39 is 5.97 Å². The number of halogens is 1. The zero-order chi connectivity index (χ0) is 14.8. The third-order valence-corrected chi connectivity index (χ3v) is 4.30. The standard InChI is InChI=1S/C16H10ClNO2S/c17-10-5-7-11(8-6-10)21-15-13-4-2-1-3-12(13)14(9-18-15)16(19)20/h1-9H,(H,19,20). The Balaban J connectivity index is 2.09. The average molecular weight is 316 g/mol. The smallest absolute Gasteiger partial charge is 0.337 e. The lowest BCUT2D eigenvalue weighted by Gasteiger charge is -2.07. The van der Waals surface area contributed by atoms with E-state index in [1.54, 1.807) is 6.07 Å². The zero-order valence-corrected chi connectivity index (χ0v) is 12.4. The minimum Gasteiger partial charge on any atom is -0.478 e. The molecule has 1 heterocycles. The number of carbonyl (C=O) groups is 1. The van der Waals surface area contributed by atoms with Gasteiger partial charge in [0.1, 0.15) is 5.03 Å². The molecule has 0 atom stereocenters. The molecule has 0 bridgehead atoms. The Morgan fingerprint density at radius 3 is 2.38 bits per heavy atom. The van der Waals surface area contributed by atoms with Gasteiger partial charge in [0.05, 0.1) is 5.56 Å². The third kappa shape index (κ3) is 2.86. The van der Waals surface area contributed by atoms with Gasteiger partial charge in [0.2, 0.25) is 0 Å². The van der Waals surface area contributed by atoms with Crippen molar-refractivity contribution in [3.8, 4) is 0 Å². The molecule has 5 heteroatoms.